The Kier molecular flexibility index (Phi) is 5.71. The number of ether oxygens (including phenoxy) is 4. The molecule has 2 saturated heterocycles. The van der Waals surface area contributed by atoms with Gasteiger partial charge in [0.2, 0.25) is 0 Å². The molecule has 0 aromatic carbocycles. The second kappa shape index (κ2) is 10.1. The van der Waals surface area contributed by atoms with Crippen LogP contribution in [0.4, 0.5) is 0 Å². The normalized spacial score (nSPS) is 32.1. The fourth-order valence-electron chi connectivity index (χ4n) is 2.30. The zero-order valence-corrected chi connectivity index (χ0v) is 12.4. The van der Waals surface area contributed by atoms with E-state index in [1.54, 1.807) is 6.07 Å². The van der Waals surface area contributed by atoms with E-state index in [2.05, 4.69) is 0 Å². The van der Waals surface area contributed by atoms with Crippen molar-refractivity contribution in [3.05, 3.63) is 0 Å². The lowest BCUT2D eigenvalue weighted by atomic mass is 10.0. The minimum atomic E-state index is -2.16. The minimum absolute atomic E-state index is 0.394. The average molecular weight is 301 g/mol. The molecule has 120 valence electrons. The largest absolute Gasteiger partial charge is 0.353 e. The first-order valence-corrected chi connectivity index (χ1v) is 7.71. The molecule has 2 aliphatic rings. The standard InChI is InChI=1S/C16H27NO4/c17-13-14(7-11-20-15-5-1-3-9-18-15)8-12-21-16-6-2-4-10-19-16/h14-16H,1-12H2/i7D2,8D2. The monoisotopic (exact) mass is 301 g/mol. The first kappa shape index (κ1) is 11.8. The van der Waals surface area contributed by atoms with Crippen molar-refractivity contribution in [2.45, 2.75) is 63.9 Å². The highest BCUT2D eigenvalue weighted by molar-refractivity contribution is 4.82. The first-order chi connectivity index (χ1) is 11.8. The maximum absolute atomic E-state index is 9.37. The Hall–Kier alpha value is -0.670. The minimum Gasteiger partial charge on any atom is -0.353 e. The van der Waals surface area contributed by atoms with E-state index in [9.17, 15) is 5.26 Å². The highest BCUT2D eigenvalue weighted by atomic mass is 16.7. The molecule has 21 heavy (non-hydrogen) atoms. The molecule has 2 heterocycles. The molecule has 5 nitrogen and oxygen atoms in total. The van der Waals surface area contributed by atoms with Gasteiger partial charge in [-0.25, -0.2) is 0 Å². The molecule has 0 bridgehead atoms. The second-order valence-corrected chi connectivity index (χ2v) is 5.18. The third kappa shape index (κ3) is 6.75. The van der Waals surface area contributed by atoms with Gasteiger partial charge < -0.3 is 18.9 Å². The molecule has 2 unspecified atom stereocenters. The third-order valence-electron chi connectivity index (χ3n) is 3.52. The molecular formula is C16H27NO4. The van der Waals surface area contributed by atoms with E-state index in [-0.39, 0.29) is 0 Å². The lowest BCUT2D eigenvalue weighted by Gasteiger charge is -2.24. The van der Waals surface area contributed by atoms with Crippen LogP contribution in [-0.4, -0.2) is 39.0 Å². The quantitative estimate of drug-likeness (QED) is 0.689. The predicted molar refractivity (Wildman–Crippen MR) is 77.4 cm³/mol. The molecule has 5 heteroatoms. The van der Waals surface area contributed by atoms with Crippen LogP contribution >= 0.6 is 0 Å². The van der Waals surface area contributed by atoms with Crippen molar-refractivity contribution in [3.8, 4) is 6.07 Å². The molecule has 2 rings (SSSR count). The Morgan fingerprint density at radius 3 is 1.90 bits per heavy atom. The molecule has 2 aliphatic heterocycles. The Morgan fingerprint density at radius 1 is 1.00 bits per heavy atom. The fraction of sp³-hybridized carbons (Fsp3) is 0.938. The summed E-state index contributed by atoms with van der Waals surface area (Å²) < 4.78 is 54.1. The maximum Gasteiger partial charge on any atom is 0.157 e. The van der Waals surface area contributed by atoms with Crippen molar-refractivity contribution in [1.82, 2.24) is 0 Å². The van der Waals surface area contributed by atoms with E-state index < -0.39 is 44.5 Å². The topological polar surface area (TPSA) is 60.7 Å². The van der Waals surface area contributed by atoms with Crippen molar-refractivity contribution in [1.29, 1.82) is 5.26 Å². The van der Waals surface area contributed by atoms with Crippen LogP contribution < -0.4 is 0 Å². The van der Waals surface area contributed by atoms with E-state index in [0.717, 1.165) is 25.7 Å². The lowest BCUT2D eigenvalue weighted by Crippen LogP contribution is -2.24. The van der Waals surface area contributed by atoms with Crippen LogP contribution in [0.3, 0.4) is 0 Å². The van der Waals surface area contributed by atoms with E-state index in [1.807, 2.05) is 0 Å². The van der Waals surface area contributed by atoms with E-state index in [4.69, 9.17) is 24.4 Å². The number of hydrogen-bond donors (Lipinski definition) is 0. The number of nitrogens with zero attached hydrogens (tertiary/aromatic N) is 1. The van der Waals surface area contributed by atoms with Gasteiger partial charge in [-0.1, -0.05) is 0 Å². The first-order valence-electron chi connectivity index (χ1n) is 9.71. The van der Waals surface area contributed by atoms with E-state index >= 15 is 0 Å². The Morgan fingerprint density at radius 2 is 1.52 bits per heavy atom. The van der Waals surface area contributed by atoms with Crippen molar-refractivity contribution in [3.63, 3.8) is 0 Å². The third-order valence-corrected chi connectivity index (χ3v) is 3.52. The summed E-state index contributed by atoms with van der Waals surface area (Å²) in [7, 11) is 0. The molecule has 0 aromatic heterocycles. The van der Waals surface area contributed by atoms with Crippen molar-refractivity contribution >= 4 is 0 Å². The Bertz CT molecular complexity index is 412. The molecule has 2 atom stereocenters. The number of nitriles is 1. The zero-order chi connectivity index (χ0) is 18.3. The maximum atomic E-state index is 9.37. The summed E-state index contributed by atoms with van der Waals surface area (Å²) >= 11 is 0. The van der Waals surface area contributed by atoms with Crippen LogP contribution in [0.2, 0.25) is 0 Å². The Labute approximate surface area is 133 Å². The SMILES string of the molecule is [2H]C([2H])(COC1CCCCO1)C(C#N)C([2H])([2H])COC1CCCCO1. The average Bonchev–Trinajstić information content (AvgIpc) is 2.60. The molecule has 0 aliphatic carbocycles. The molecule has 2 fully saturated rings. The summed E-state index contributed by atoms with van der Waals surface area (Å²) in [5.41, 5.74) is 0. The summed E-state index contributed by atoms with van der Waals surface area (Å²) in [6.07, 6.45) is -0.109. The van der Waals surface area contributed by atoms with Gasteiger partial charge in [0.25, 0.3) is 0 Å². The van der Waals surface area contributed by atoms with Gasteiger partial charge in [0.15, 0.2) is 12.6 Å². The molecule has 0 spiro atoms. The lowest BCUT2D eigenvalue weighted by molar-refractivity contribution is -0.167. The Balaban J connectivity index is 1.88. The fourth-order valence-corrected chi connectivity index (χ4v) is 2.30. The van der Waals surface area contributed by atoms with Gasteiger partial charge in [0.05, 0.1) is 25.2 Å². The van der Waals surface area contributed by atoms with Crippen molar-refractivity contribution in [2.24, 2.45) is 5.92 Å². The zero-order valence-electron chi connectivity index (χ0n) is 16.4. The van der Waals surface area contributed by atoms with Crippen LogP contribution in [0.25, 0.3) is 0 Å². The molecule has 0 radical (unpaired) electrons. The van der Waals surface area contributed by atoms with Crippen LogP contribution in [0, 0.1) is 17.2 Å². The van der Waals surface area contributed by atoms with Crippen LogP contribution in [0.15, 0.2) is 0 Å². The molecule has 0 amide bonds. The second-order valence-electron chi connectivity index (χ2n) is 5.18. The molecular weight excluding hydrogens is 270 g/mol. The number of rotatable bonds is 8. The van der Waals surface area contributed by atoms with Crippen molar-refractivity contribution in [2.75, 3.05) is 26.4 Å². The summed E-state index contributed by atoms with van der Waals surface area (Å²) in [4.78, 5) is 0. The van der Waals surface area contributed by atoms with Gasteiger partial charge in [-0.15, -0.1) is 0 Å². The molecule has 0 saturated carbocycles. The summed E-state index contributed by atoms with van der Waals surface area (Å²) in [5, 5.41) is 9.37. The smallest absolute Gasteiger partial charge is 0.157 e. The van der Waals surface area contributed by atoms with Gasteiger partial charge >= 0.3 is 0 Å². The summed E-state index contributed by atoms with van der Waals surface area (Å²) in [6.45, 7) is 0.363. The van der Waals surface area contributed by atoms with Crippen LogP contribution in [-0.2, 0) is 18.9 Å². The van der Waals surface area contributed by atoms with Gasteiger partial charge in [-0.3, -0.25) is 0 Å². The van der Waals surface area contributed by atoms with Crippen molar-refractivity contribution < 1.29 is 24.4 Å². The van der Waals surface area contributed by atoms with Gasteiger partial charge in [0.1, 0.15) is 0 Å². The highest BCUT2D eigenvalue weighted by Crippen LogP contribution is 2.17. The van der Waals surface area contributed by atoms with Gasteiger partial charge in [0, 0.05) is 18.7 Å². The van der Waals surface area contributed by atoms with Gasteiger partial charge in [-0.05, 0) is 51.3 Å². The molecule has 0 aromatic rings. The van der Waals surface area contributed by atoms with E-state index in [1.165, 1.54) is 0 Å². The summed E-state index contributed by atoms with van der Waals surface area (Å²) in [6, 6.07) is 1.77. The van der Waals surface area contributed by atoms with Crippen LogP contribution in [0.1, 0.15) is 56.8 Å². The summed E-state index contributed by atoms with van der Waals surface area (Å²) in [5.74, 6) is -1.52. The van der Waals surface area contributed by atoms with Crippen LogP contribution in [0.5, 0.6) is 0 Å². The van der Waals surface area contributed by atoms with Gasteiger partial charge in [-0.2, -0.15) is 5.26 Å². The predicted octanol–water partition coefficient (Wildman–Crippen LogP) is 2.99. The highest BCUT2D eigenvalue weighted by Gasteiger charge is 2.17. The van der Waals surface area contributed by atoms with E-state index in [0.29, 0.717) is 26.1 Å². The number of hydrogen-bond acceptors (Lipinski definition) is 5. The molecule has 0 N–H and O–H groups in total.